The molecular formula is C26H26ClN3O3. The van der Waals surface area contributed by atoms with Crippen LogP contribution in [0, 0.1) is 6.92 Å². The summed E-state index contributed by atoms with van der Waals surface area (Å²) in [6.45, 7) is 6.33. The molecule has 0 unspecified atom stereocenters. The van der Waals surface area contributed by atoms with Gasteiger partial charge >= 0.3 is 0 Å². The molecule has 0 spiro atoms. The molecule has 0 radical (unpaired) electrons. The Morgan fingerprint density at radius 1 is 0.970 bits per heavy atom. The van der Waals surface area contributed by atoms with Crippen molar-refractivity contribution < 1.29 is 14.3 Å². The second kappa shape index (κ2) is 7.59. The number of amides is 1. The summed E-state index contributed by atoms with van der Waals surface area (Å²) < 4.78 is 11.3. The van der Waals surface area contributed by atoms with Gasteiger partial charge in [-0.15, -0.1) is 0 Å². The summed E-state index contributed by atoms with van der Waals surface area (Å²) in [7, 11) is 3.29. The van der Waals surface area contributed by atoms with Crippen molar-refractivity contribution in [3.05, 3.63) is 64.7 Å². The maximum absolute atomic E-state index is 13.7. The molecule has 0 atom stereocenters. The normalized spacial score (nSPS) is 15.9. The fourth-order valence-electron chi connectivity index (χ4n) is 4.68. The first-order valence-corrected chi connectivity index (χ1v) is 11.2. The molecule has 33 heavy (non-hydrogen) atoms. The molecule has 0 saturated heterocycles. The van der Waals surface area contributed by atoms with E-state index in [1.165, 1.54) is 0 Å². The Hall–Kier alpha value is -3.38. The second-order valence-corrected chi connectivity index (χ2v) is 9.37. The van der Waals surface area contributed by atoms with Crippen molar-refractivity contribution in [3.8, 4) is 22.6 Å². The summed E-state index contributed by atoms with van der Waals surface area (Å²) >= 11 is 6.36. The van der Waals surface area contributed by atoms with Gasteiger partial charge in [-0.25, -0.2) is 5.01 Å². The van der Waals surface area contributed by atoms with Crippen LogP contribution in [0.1, 0.15) is 25.0 Å². The fourth-order valence-corrected chi connectivity index (χ4v) is 4.86. The van der Waals surface area contributed by atoms with E-state index in [1.54, 1.807) is 19.2 Å². The minimum atomic E-state index is -0.765. The highest BCUT2D eigenvalue weighted by Gasteiger charge is 2.47. The molecular weight excluding hydrogens is 438 g/mol. The molecule has 3 aromatic rings. The first-order chi connectivity index (χ1) is 15.7. The molecule has 5 rings (SSSR count). The van der Waals surface area contributed by atoms with Crippen LogP contribution in [-0.4, -0.2) is 25.7 Å². The van der Waals surface area contributed by atoms with E-state index in [2.05, 4.69) is 11.4 Å². The largest absolute Gasteiger partial charge is 0.496 e. The zero-order valence-corrected chi connectivity index (χ0v) is 20.1. The number of hydrogen-bond donors (Lipinski definition) is 1. The number of rotatable bonds is 4. The van der Waals surface area contributed by atoms with Gasteiger partial charge in [0.25, 0.3) is 5.91 Å². The number of nitrogens with zero attached hydrogens (tertiary/aromatic N) is 2. The lowest BCUT2D eigenvalue weighted by atomic mass is 9.93. The van der Waals surface area contributed by atoms with Gasteiger partial charge in [0.2, 0.25) is 0 Å². The van der Waals surface area contributed by atoms with Gasteiger partial charge in [0.15, 0.2) is 0 Å². The summed E-state index contributed by atoms with van der Waals surface area (Å²) in [5.74, 6) is 1.40. The molecule has 1 amide bonds. The maximum atomic E-state index is 13.7. The third kappa shape index (κ3) is 3.28. The Labute approximate surface area is 198 Å². The number of ether oxygens (including phenoxy) is 2. The Morgan fingerprint density at radius 3 is 2.42 bits per heavy atom. The van der Waals surface area contributed by atoms with Crippen LogP contribution in [0.15, 0.2) is 48.5 Å². The lowest BCUT2D eigenvalue weighted by Crippen LogP contribution is -2.57. The van der Waals surface area contributed by atoms with Crippen molar-refractivity contribution in [1.29, 1.82) is 0 Å². The predicted molar refractivity (Wildman–Crippen MR) is 133 cm³/mol. The number of nitrogens with one attached hydrogen (secondary N) is 1. The highest BCUT2D eigenvalue weighted by Crippen LogP contribution is 2.51. The molecule has 6 nitrogen and oxygen atoms in total. The number of anilines is 3. The SMILES string of the molecule is COc1ccc(Cl)cc1-c1ccc2c3c1CN(c1cc(C)ccc1OC)N3C(=O)C(C)(C)N2. The van der Waals surface area contributed by atoms with E-state index in [4.69, 9.17) is 21.1 Å². The van der Waals surface area contributed by atoms with Gasteiger partial charge < -0.3 is 14.8 Å². The molecule has 7 heteroatoms. The van der Waals surface area contributed by atoms with Gasteiger partial charge in [0, 0.05) is 16.1 Å². The standard InChI is InChI=1S/C26H26ClN3O3/c1-15-6-10-23(33-5)21(12-15)29-14-19-17(18-13-16(27)7-11-22(18)32-4)8-9-20-24(19)30(29)25(31)26(2,3)28-20/h6-13,28H,14H2,1-5H3. The molecule has 0 bridgehead atoms. The summed E-state index contributed by atoms with van der Waals surface area (Å²) in [4.78, 5) is 13.7. The quantitative estimate of drug-likeness (QED) is 0.529. The first kappa shape index (κ1) is 21.5. The van der Waals surface area contributed by atoms with Crippen molar-refractivity contribution in [2.45, 2.75) is 32.9 Å². The topological polar surface area (TPSA) is 54.0 Å². The van der Waals surface area contributed by atoms with Gasteiger partial charge in [-0.05, 0) is 68.3 Å². The predicted octanol–water partition coefficient (Wildman–Crippen LogP) is 5.80. The third-order valence-corrected chi connectivity index (χ3v) is 6.52. The summed E-state index contributed by atoms with van der Waals surface area (Å²) in [5.41, 5.74) is 5.80. The number of benzene rings is 3. The number of hydrazine groups is 1. The molecule has 0 saturated carbocycles. The molecule has 170 valence electrons. The second-order valence-electron chi connectivity index (χ2n) is 8.93. The van der Waals surface area contributed by atoms with E-state index in [9.17, 15) is 4.79 Å². The van der Waals surface area contributed by atoms with Crippen molar-refractivity contribution in [3.63, 3.8) is 0 Å². The van der Waals surface area contributed by atoms with Gasteiger partial charge in [0.05, 0.1) is 32.1 Å². The van der Waals surface area contributed by atoms with E-state index in [-0.39, 0.29) is 5.91 Å². The number of methoxy groups -OCH3 is 2. The van der Waals surface area contributed by atoms with E-state index in [0.29, 0.717) is 17.3 Å². The molecule has 0 fully saturated rings. The number of hydrogen-bond acceptors (Lipinski definition) is 5. The molecule has 3 aromatic carbocycles. The van der Waals surface area contributed by atoms with E-state index in [1.807, 2.05) is 68.2 Å². The summed E-state index contributed by atoms with van der Waals surface area (Å²) in [5, 5.41) is 7.84. The molecule has 0 aromatic heterocycles. The minimum absolute atomic E-state index is 0.0347. The number of carbonyl (C=O) groups is 1. The van der Waals surface area contributed by atoms with Crippen LogP contribution in [0.5, 0.6) is 11.5 Å². The Kier molecular flexibility index (Phi) is 4.94. The number of halogens is 1. The third-order valence-electron chi connectivity index (χ3n) is 6.28. The van der Waals surface area contributed by atoms with Crippen LogP contribution in [0.2, 0.25) is 5.02 Å². The number of aryl methyl sites for hydroxylation is 1. The van der Waals surface area contributed by atoms with Crippen LogP contribution in [-0.2, 0) is 11.3 Å². The molecule has 2 aliphatic rings. The van der Waals surface area contributed by atoms with Gasteiger partial charge in [0.1, 0.15) is 22.7 Å². The Morgan fingerprint density at radius 2 is 1.70 bits per heavy atom. The van der Waals surface area contributed by atoms with Crippen molar-refractivity contribution in [2.24, 2.45) is 0 Å². The zero-order chi connectivity index (χ0) is 23.5. The average Bonchev–Trinajstić information content (AvgIpc) is 3.19. The van der Waals surface area contributed by atoms with Gasteiger partial charge in [-0.2, -0.15) is 0 Å². The van der Waals surface area contributed by atoms with E-state index in [0.717, 1.165) is 45.1 Å². The summed E-state index contributed by atoms with van der Waals surface area (Å²) in [6.07, 6.45) is 0. The Bertz CT molecular complexity index is 1290. The summed E-state index contributed by atoms with van der Waals surface area (Å²) in [6, 6.07) is 15.7. The average molecular weight is 464 g/mol. The smallest absolute Gasteiger partial charge is 0.270 e. The number of carbonyl (C=O) groups excluding carboxylic acids is 1. The van der Waals surface area contributed by atoms with Crippen molar-refractivity contribution >= 4 is 34.6 Å². The first-order valence-electron chi connectivity index (χ1n) is 10.8. The van der Waals surface area contributed by atoms with E-state index >= 15 is 0 Å². The Balaban J connectivity index is 1.76. The molecule has 2 heterocycles. The fraction of sp³-hybridized carbons (Fsp3) is 0.269. The lowest BCUT2D eigenvalue weighted by molar-refractivity contribution is -0.122. The highest BCUT2D eigenvalue weighted by molar-refractivity contribution is 6.31. The van der Waals surface area contributed by atoms with Crippen LogP contribution in [0.4, 0.5) is 17.1 Å². The molecule has 1 N–H and O–H groups in total. The van der Waals surface area contributed by atoms with Crippen LogP contribution >= 0.6 is 11.6 Å². The zero-order valence-electron chi connectivity index (χ0n) is 19.3. The van der Waals surface area contributed by atoms with Gasteiger partial charge in [-0.1, -0.05) is 23.7 Å². The van der Waals surface area contributed by atoms with Crippen molar-refractivity contribution in [2.75, 3.05) is 29.6 Å². The molecule has 2 aliphatic heterocycles. The minimum Gasteiger partial charge on any atom is -0.496 e. The van der Waals surface area contributed by atoms with Crippen LogP contribution in [0.3, 0.4) is 0 Å². The maximum Gasteiger partial charge on any atom is 0.270 e. The molecule has 0 aliphatic carbocycles. The van der Waals surface area contributed by atoms with E-state index < -0.39 is 5.54 Å². The van der Waals surface area contributed by atoms with Crippen LogP contribution < -0.4 is 24.8 Å². The monoisotopic (exact) mass is 463 g/mol. The highest BCUT2D eigenvalue weighted by atomic mass is 35.5. The lowest BCUT2D eigenvalue weighted by Gasteiger charge is -2.41. The van der Waals surface area contributed by atoms with Gasteiger partial charge in [-0.3, -0.25) is 9.80 Å². The van der Waals surface area contributed by atoms with Crippen LogP contribution in [0.25, 0.3) is 11.1 Å². The van der Waals surface area contributed by atoms with Crippen molar-refractivity contribution in [1.82, 2.24) is 0 Å².